The summed E-state index contributed by atoms with van der Waals surface area (Å²) < 4.78 is 73.3. The Labute approximate surface area is 101 Å². The van der Waals surface area contributed by atoms with Crippen molar-refractivity contribution in [3.8, 4) is 0 Å². The largest absolute Gasteiger partial charge is 0.401 e. The van der Waals surface area contributed by atoms with Gasteiger partial charge in [0.25, 0.3) is 0 Å². The molecular weight excluding hydrogens is 262 g/mol. The topological polar surface area (TPSA) is 15.3 Å². The van der Waals surface area contributed by atoms with Crippen LogP contribution in [0.1, 0.15) is 19.3 Å². The first-order chi connectivity index (χ1) is 8.17. The molecule has 0 radical (unpaired) electrons. The highest BCUT2D eigenvalue weighted by Crippen LogP contribution is 2.25. The summed E-state index contributed by atoms with van der Waals surface area (Å²) in [4.78, 5) is 0.911. The van der Waals surface area contributed by atoms with Gasteiger partial charge in [-0.1, -0.05) is 0 Å². The summed E-state index contributed by atoms with van der Waals surface area (Å²) in [5.74, 6) is 0. The average molecular weight is 278 g/mol. The fourth-order valence-corrected chi connectivity index (χ4v) is 2.06. The molecule has 1 heterocycles. The maximum atomic E-state index is 12.3. The first-order valence-corrected chi connectivity index (χ1v) is 5.76. The third-order valence-electron chi connectivity index (χ3n) is 2.89. The highest BCUT2D eigenvalue weighted by Gasteiger charge is 2.36. The van der Waals surface area contributed by atoms with E-state index in [1.807, 2.05) is 0 Å². The Balaban J connectivity index is 2.56. The molecule has 8 heteroatoms. The molecule has 1 aliphatic rings. The molecule has 0 saturated carbocycles. The van der Waals surface area contributed by atoms with Crippen LogP contribution in [0.25, 0.3) is 0 Å². The lowest BCUT2D eigenvalue weighted by molar-refractivity contribution is -0.166. The fourth-order valence-electron chi connectivity index (χ4n) is 2.06. The Morgan fingerprint density at radius 1 is 0.944 bits per heavy atom. The van der Waals surface area contributed by atoms with Crippen LogP contribution in [0.15, 0.2) is 0 Å². The molecule has 0 spiro atoms. The Hall–Kier alpha value is -0.500. The molecule has 0 aromatic heterocycles. The molecule has 0 amide bonds. The van der Waals surface area contributed by atoms with E-state index in [2.05, 4.69) is 5.32 Å². The predicted molar refractivity (Wildman–Crippen MR) is 54.2 cm³/mol. The molecule has 1 aliphatic heterocycles. The lowest BCUT2D eigenvalue weighted by Gasteiger charge is -2.35. The van der Waals surface area contributed by atoms with Crippen molar-refractivity contribution in [2.45, 2.75) is 37.7 Å². The molecule has 0 aliphatic carbocycles. The molecule has 1 rings (SSSR count). The molecule has 2 nitrogen and oxygen atoms in total. The zero-order chi connectivity index (χ0) is 13.8. The van der Waals surface area contributed by atoms with E-state index < -0.39 is 37.9 Å². The van der Waals surface area contributed by atoms with Gasteiger partial charge in [0.1, 0.15) is 0 Å². The van der Waals surface area contributed by atoms with E-state index >= 15 is 0 Å². The molecule has 0 aromatic carbocycles. The summed E-state index contributed by atoms with van der Waals surface area (Å²) in [6, 6.07) is -0.421. The number of hydrogen-bond donors (Lipinski definition) is 1. The lowest BCUT2D eigenvalue weighted by atomic mass is 10.0. The van der Waals surface area contributed by atoms with Gasteiger partial charge >= 0.3 is 12.4 Å². The molecule has 0 bridgehead atoms. The van der Waals surface area contributed by atoms with Crippen LogP contribution in [-0.2, 0) is 0 Å². The molecule has 0 aromatic rings. The second-order valence-electron chi connectivity index (χ2n) is 4.43. The normalized spacial score (nSPS) is 19.5. The minimum absolute atomic E-state index is 0.421. The number of nitrogens with one attached hydrogen (secondary N) is 1. The quantitative estimate of drug-likeness (QED) is 0.795. The van der Waals surface area contributed by atoms with E-state index in [-0.39, 0.29) is 0 Å². The molecule has 18 heavy (non-hydrogen) atoms. The number of hydrogen-bond acceptors (Lipinski definition) is 2. The van der Waals surface area contributed by atoms with Gasteiger partial charge in [0.15, 0.2) is 0 Å². The first-order valence-electron chi connectivity index (χ1n) is 5.76. The highest BCUT2D eigenvalue weighted by molar-refractivity contribution is 4.80. The number of nitrogens with zero attached hydrogens (tertiary/aromatic N) is 1. The van der Waals surface area contributed by atoms with Gasteiger partial charge in [-0.15, -0.1) is 0 Å². The van der Waals surface area contributed by atoms with E-state index in [9.17, 15) is 26.3 Å². The van der Waals surface area contributed by atoms with Crippen LogP contribution in [-0.4, -0.2) is 49.5 Å². The van der Waals surface area contributed by atoms with Crippen LogP contribution < -0.4 is 5.32 Å². The van der Waals surface area contributed by atoms with Crippen LogP contribution >= 0.6 is 0 Å². The van der Waals surface area contributed by atoms with Gasteiger partial charge in [0.2, 0.25) is 0 Å². The van der Waals surface area contributed by atoms with E-state index in [1.54, 1.807) is 0 Å². The predicted octanol–water partition coefficient (Wildman–Crippen LogP) is 2.56. The third kappa shape index (κ3) is 6.44. The van der Waals surface area contributed by atoms with Crippen molar-refractivity contribution < 1.29 is 26.3 Å². The van der Waals surface area contributed by atoms with Crippen LogP contribution in [0.2, 0.25) is 0 Å². The Morgan fingerprint density at radius 2 is 1.50 bits per heavy atom. The molecule has 1 N–H and O–H groups in total. The zero-order valence-corrected chi connectivity index (χ0v) is 9.74. The monoisotopic (exact) mass is 278 g/mol. The van der Waals surface area contributed by atoms with E-state index in [0.29, 0.717) is 25.9 Å². The standard InChI is InChI=1S/C10H16F6N2/c11-9(12,13)3-6-18(7-10(14,15)16)8-1-4-17-5-2-8/h8,17H,1-7H2. The molecule has 0 atom stereocenters. The molecule has 1 fully saturated rings. The molecule has 108 valence electrons. The van der Waals surface area contributed by atoms with Crippen molar-refractivity contribution in [1.82, 2.24) is 10.2 Å². The summed E-state index contributed by atoms with van der Waals surface area (Å²) in [6.45, 7) is -0.766. The number of halogens is 6. The second kappa shape index (κ2) is 6.10. The van der Waals surface area contributed by atoms with Crippen molar-refractivity contribution in [2.75, 3.05) is 26.2 Å². The molecular formula is C10H16F6N2. The van der Waals surface area contributed by atoms with Crippen LogP contribution in [0.5, 0.6) is 0 Å². The summed E-state index contributed by atoms with van der Waals surface area (Å²) in [6.07, 6.45) is -9.18. The lowest BCUT2D eigenvalue weighted by Crippen LogP contribution is -2.47. The van der Waals surface area contributed by atoms with Gasteiger partial charge < -0.3 is 5.32 Å². The van der Waals surface area contributed by atoms with Crippen molar-refractivity contribution >= 4 is 0 Å². The van der Waals surface area contributed by atoms with Gasteiger partial charge in [-0.3, -0.25) is 4.90 Å². The first kappa shape index (κ1) is 15.6. The Morgan fingerprint density at radius 3 is 1.94 bits per heavy atom. The number of alkyl halides is 6. The van der Waals surface area contributed by atoms with Crippen molar-refractivity contribution in [2.24, 2.45) is 0 Å². The van der Waals surface area contributed by atoms with Gasteiger partial charge in [0.05, 0.1) is 13.0 Å². The smallest absolute Gasteiger partial charge is 0.317 e. The second-order valence-corrected chi connectivity index (χ2v) is 4.43. The van der Waals surface area contributed by atoms with Crippen LogP contribution in [0.4, 0.5) is 26.3 Å². The Bertz CT molecular complexity index is 244. The van der Waals surface area contributed by atoms with E-state index in [4.69, 9.17) is 0 Å². The van der Waals surface area contributed by atoms with Gasteiger partial charge in [-0.25, -0.2) is 0 Å². The van der Waals surface area contributed by atoms with Crippen LogP contribution in [0, 0.1) is 0 Å². The van der Waals surface area contributed by atoms with Crippen molar-refractivity contribution in [1.29, 1.82) is 0 Å². The average Bonchev–Trinajstić information content (AvgIpc) is 2.23. The van der Waals surface area contributed by atoms with Crippen molar-refractivity contribution in [3.63, 3.8) is 0 Å². The minimum Gasteiger partial charge on any atom is -0.317 e. The van der Waals surface area contributed by atoms with Crippen molar-refractivity contribution in [3.05, 3.63) is 0 Å². The summed E-state index contributed by atoms with van der Waals surface area (Å²) in [5, 5.41) is 2.97. The number of rotatable bonds is 4. The zero-order valence-electron chi connectivity index (χ0n) is 9.74. The maximum Gasteiger partial charge on any atom is 0.401 e. The summed E-state index contributed by atoms with van der Waals surface area (Å²) in [5.41, 5.74) is 0. The highest BCUT2D eigenvalue weighted by atomic mass is 19.4. The molecule has 1 saturated heterocycles. The summed E-state index contributed by atoms with van der Waals surface area (Å²) >= 11 is 0. The van der Waals surface area contributed by atoms with Crippen LogP contribution in [0.3, 0.4) is 0 Å². The maximum absolute atomic E-state index is 12.3. The number of piperidine rings is 1. The van der Waals surface area contributed by atoms with E-state index in [1.165, 1.54) is 0 Å². The SMILES string of the molecule is FC(F)(F)CCN(CC(F)(F)F)C1CCNCC1. The summed E-state index contributed by atoms with van der Waals surface area (Å²) in [7, 11) is 0. The Kier molecular flexibility index (Phi) is 5.27. The van der Waals surface area contributed by atoms with E-state index in [0.717, 1.165) is 4.90 Å². The fraction of sp³-hybridized carbons (Fsp3) is 1.00. The van der Waals surface area contributed by atoms with Gasteiger partial charge in [-0.05, 0) is 25.9 Å². The third-order valence-corrected chi connectivity index (χ3v) is 2.89. The van der Waals surface area contributed by atoms with Gasteiger partial charge in [-0.2, -0.15) is 26.3 Å². The van der Waals surface area contributed by atoms with Gasteiger partial charge in [0, 0.05) is 12.6 Å². The molecule has 0 unspecified atom stereocenters. The minimum atomic E-state index is -4.46.